The molecule has 1 aromatic rings. The number of Topliss-reactive ketones (excluding diaryl/α,β-unsaturated/α-hetero) is 1. The summed E-state index contributed by atoms with van der Waals surface area (Å²) in [4.78, 5) is 10.9. The SMILES string of the molecule is CC(C)C(=O)c1ccc(F)c(S(N)(=O)=O)c1. The lowest BCUT2D eigenvalue weighted by atomic mass is 10.0. The predicted molar refractivity (Wildman–Crippen MR) is 56.9 cm³/mol. The first-order chi connectivity index (χ1) is 7.23. The Balaban J connectivity index is 3.34. The number of sulfonamides is 1. The molecule has 0 saturated carbocycles. The van der Waals surface area contributed by atoms with Crippen molar-refractivity contribution in [1.29, 1.82) is 0 Å². The molecule has 0 atom stereocenters. The number of hydrogen-bond acceptors (Lipinski definition) is 3. The van der Waals surface area contributed by atoms with Crippen LogP contribution in [0.25, 0.3) is 0 Å². The van der Waals surface area contributed by atoms with E-state index in [9.17, 15) is 17.6 Å². The van der Waals surface area contributed by atoms with Gasteiger partial charge in [-0.3, -0.25) is 4.79 Å². The van der Waals surface area contributed by atoms with E-state index in [1.54, 1.807) is 13.8 Å². The number of benzene rings is 1. The molecular formula is C10H12FNO3S. The fourth-order valence-electron chi connectivity index (χ4n) is 1.21. The van der Waals surface area contributed by atoms with Crippen molar-refractivity contribution in [3.63, 3.8) is 0 Å². The Labute approximate surface area is 93.3 Å². The standard InChI is InChI=1S/C10H12FNO3S/c1-6(2)10(13)7-3-4-8(11)9(5-7)16(12,14)15/h3-6H,1-2H3,(H2,12,14,15). The van der Waals surface area contributed by atoms with Crippen LogP contribution in [0.2, 0.25) is 0 Å². The van der Waals surface area contributed by atoms with Crippen molar-refractivity contribution in [2.75, 3.05) is 0 Å². The van der Waals surface area contributed by atoms with Crippen molar-refractivity contribution >= 4 is 15.8 Å². The molecule has 0 aliphatic carbocycles. The van der Waals surface area contributed by atoms with Crippen LogP contribution in [-0.4, -0.2) is 14.2 Å². The number of nitrogens with two attached hydrogens (primary N) is 1. The summed E-state index contributed by atoms with van der Waals surface area (Å²) in [5.41, 5.74) is 0.139. The highest BCUT2D eigenvalue weighted by Gasteiger charge is 2.18. The van der Waals surface area contributed by atoms with Crippen molar-refractivity contribution in [3.05, 3.63) is 29.6 Å². The highest BCUT2D eigenvalue weighted by molar-refractivity contribution is 7.89. The van der Waals surface area contributed by atoms with Gasteiger partial charge in [0.1, 0.15) is 10.7 Å². The lowest BCUT2D eigenvalue weighted by molar-refractivity contribution is 0.0939. The average molecular weight is 245 g/mol. The van der Waals surface area contributed by atoms with E-state index in [4.69, 9.17) is 5.14 Å². The second-order valence-corrected chi connectivity index (χ2v) is 5.24. The first-order valence-electron chi connectivity index (χ1n) is 4.60. The molecule has 0 radical (unpaired) electrons. The molecule has 0 heterocycles. The van der Waals surface area contributed by atoms with Crippen molar-refractivity contribution < 1.29 is 17.6 Å². The van der Waals surface area contributed by atoms with Crippen LogP contribution < -0.4 is 5.14 Å². The molecule has 1 rings (SSSR count). The van der Waals surface area contributed by atoms with Crippen molar-refractivity contribution in [2.24, 2.45) is 11.1 Å². The van der Waals surface area contributed by atoms with Gasteiger partial charge in [-0.05, 0) is 18.2 Å². The van der Waals surface area contributed by atoms with Crippen LogP contribution in [0.4, 0.5) is 4.39 Å². The van der Waals surface area contributed by atoms with Crippen LogP contribution >= 0.6 is 0 Å². The number of rotatable bonds is 3. The van der Waals surface area contributed by atoms with Gasteiger partial charge in [0, 0.05) is 11.5 Å². The molecular weight excluding hydrogens is 233 g/mol. The third kappa shape index (κ3) is 2.65. The number of hydrogen-bond donors (Lipinski definition) is 1. The second-order valence-electron chi connectivity index (χ2n) is 3.71. The van der Waals surface area contributed by atoms with E-state index in [2.05, 4.69) is 0 Å². The Morgan fingerprint density at radius 2 is 1.94 bits per heavy atom. The van der Waals surface area contributed by atoms with Gasteiger partial charge in [-0.1, -0.05) is 13.8 Å². The zero-order valence-corrected chi connectivity index (χ0v) is 9.71. The first-order valence-corrected chi connectivity index (χ1v) is 6.14. The number of primary sulfonamides is 1. The Morgan fingerprint density at radius 3 is 2.38 bits per heavy atom. The molecule has 6 heteroatoms. The zero-order valence-electron chi connectivity index (χ0n) is 8.90. The van der Waals surface area contributed by atoms with Gasteiger partial charge >= 0.3 is 0 Å². The van der Waals surface area contributed by atoms with Gasteiger partial charge in [0.15, 0.2) is 5.78 Å². The number of carbonyl (C=O) groups is 1. The van der Waals surface area contributed by atoms with E-state index in [0.717, 1.165) is 12.1 Å². The molecule has 2 N–H and O–H groups in total. The zero-order chi connectivity index (χ0) is 12.5. The van der Waals surface area contributed by atoms with Crippen LogP contribution in [0, 0.1) is 11.7 Å². The van der Waals surface area contributed by atoms with Crippen LogP contribution in [0.15, 0.2) is 23.1 Å². The molecule has 0 aliphatic heterocycles. The van der Waals surface area contributed by atoms with E-state index < -0.39 is 20.7 Å². The molecule has 0 aromatic heterocycles. The minimum absolute atomic E-state index is 0.139. The summed E-state index contributed by atoms with van der Waals surface area (Å²) in [6, 6.07) is 3.13. The number of halogens is 1. The molecule has 88 valence electrons. The smallest absolute Gasteiger partial charge is 0.240 e. The molecule has 0 aliphatic rings. The largest absolute Gasteiger partial charge is 0.294 e. The molecule has 0 bridgehead atoms. The summed E-state index contributed by atoms with van der Waals surface area (Å²) < 4.78 is 35.2. The molecule has 0 unspecified atom stereocenters. The third-order valence-electron chi connectivity index (χ3n) is 2.05. The van der Waals surface area contributed by atoms with E-state index >= 15 is 0 Å². The van der Waals surface area contributed by atoms with Gasteiger partial charge in [0.05, 0.1) is 0 Å². The topological polar surface area (TPSA) is 77.2 Å². The summed E-state index contributed by atoms with van der Waals surface area (Å²) in [5.74, 6) is -1.51. The molecule has 4 nitrogen and oxygen atoms in total. The average Bonchev–Trinajstić information content (AvgIpc) is 2.15. The highest BCUT2D eigenvalue weighted by atomic mass is 32.2. The predicted octanol–water partition coefficient (Wildman–Crippen LogP) is 1.31. The molecule has 0 saturated heterocycles. The van der Waals surface area contributed by atoms with E-state index in [0.29, 0.717) is 0 Å². The van der Waals surface area contributed by atoms with Gasteiger partial charge in [0.2, 0.25) is 10.0 Å². The van der Waals surface area contributed by atoms with Crippen molar-refractivity contribution in [2.45, 2.75) is 18.7 Å². The van der Waals surface area contributed by atoms with Gasteiger partial charge in [0.25, 0.3) is 0 Å². The quantitative estimate of drug-likeness (QED) is 0.815. The minimum Gasteiger partial charge on any atom is -0.294 e. The van der Waals surface area contributed by atoms with Gasteiger partial charge in [-0.25, -0.2) is 17.9 Å². The first kappa shape index (κ1) is 12.8. The lowest BCUT2D eigenvalue weighted by Crippen LogP contribution is -2.16. The second kappa shape index (κ2) is 4.31. The number of carbonyl (C=O) groups excluding carboxylic acids is 1. The van der Waals surface area contributed by atoms with Crippen LogP contribution in [-0.2, 0) is 10.0 Å². The summed E-state index contributed by atoms with van der Waals surface area (Å²) in [7, 11) is -4.14. The summed E-state index contributed by atoms with van der Waals surface area (Å²) in [6.45, 7) is 3.34. The van der Waals surface area contributed by atoms with Crippen molar-refractivity contribution in [3.8, 4) is 0 Å². The Bertz CT molecular complexity index is 523. The fraction of sp³-hybridized carbons (Fsp3) is 0.300. The van der Waals surface area contributed by atoms with E-state index in [1.165, 1.54) is 6.07 Å². The van der Waals surface area contributed by atoms with Crippen molar-refractivity contribution in [1.82, 2.24) is 0 Å². The van der Waals surface area contributed by atoms with Gasteiger partial charge in [-0.2, -0.15) is 0 Å². The Kier molecular flexibility index (Phi) is 3.44. The fourth-order valence-corrected chi connectivity index (χ4v) is 1.84. The van der Waals surface area contributed by atoms with Crippen LogP contribution in [0.3, 0.4) is 0 Å². The Morgan fingerprint density at radius 1 is 1.38 bits per heavy atom. The third-order valence-corrected chi connectivity index (χ3v) is 2.97. The highest BCUT2D eigenvalue weighted by Crippen LogP contribution is 2.17. The monoisotopic (exact) mass is 245 g/mol. The number of ketones is 1. The van der Waals surface area contributed by atoms with E-state index in [-0.39, 0.29) is 17.3 Å². The normalized spacial score (nSPS) is 11.8. The van der Waals surface area contributed by atoms with Crippen LogP contribution in [0.1, 0.15) is 24.2 Å². The Hall–Kier alpha value is -1.27. The van der Waals surface area contributed by atoms with Gasteiger partial charge < -0.3 is 0 Å². The maximum Gasteiger partial charge on any atom is 0.240 e. The molecule has 0 spiro atoms. The molecule has 0 amide bonds. The maximum absolute atomic E-state index is 13.2. The summed E-state index contributed by atoms with van der Waals surface area (Å²) in [6.07, 6.45) is 0. The molecule has 0 fully saturated rings. The lowest BCUT2D eigenvalue weighted by Gasteiger charge is -2.06. The summed E-state index contributed by atoms with van der Waals surface area (Å²) in [5, 5.41) is 4.82. The molecule has 16 heavy (non-hydrogen) atoms. The van der Waals surface area contributed by atoms with E-state index in [1.807, 2.05) is 0 Å². The maximum atomic E-state index is 13.2. The van der Waals surface area contributed by atoms with Crippen LogP contribution in [0.5, 0.6) is 0 Å². The molecule has 1 aromatic carbocycles. The van der Waals surface area contributed by atoms with Gasteiger partial charge in [-0.15, -0.1) is 0 Å². The minimum atomic E-state index is -4.14. The summed E-state index contributed by atoms with van der Waals surface area (Å²) >= 11 is 0.